The highest BCUT2D eigenvalue weighted by Crippen LogP contribution is 2.36. The number of aromatic nitrogens is 1. The molecule has 0 saturated carbocycles. The summed E-state index contributed by atoms with van der Waals surface area (Å²) in [5.41, 5.74) is 1.98. The van der Waals surface area contributed by atoms with Crippen molar-refractivity contribution in [2.45, 2.75) is 45.6 Å². The molecule has 0 radical (unpaired) electrons. The van der Waals surface area contributed by atoms with E-state index in [4.69, 9.17) is 4.74 Å². The molecule has 1 aromatic heterocycles. The van der Waals surface area contributed by atoms with Gasteiger partial charge < -0.3 is 4.74 Å². The lowest BCUT2D eigenvalue weighted by Gasteiger charge is -2.30. The summed E-state index contributed by atoms with van der Waals surface area (Å²) in [6.07, 6.45) is 3.21. The van der Waals surface area contributed by atoms with Crippen molar-refractivity contribution in [2.24, 2.45) is 5.41 Å². The molecule has 18 heavy (non-hydrogen) atoms. The molecule has 2 rings (SSSR count). The van der Waals surface area contributed by atoms with Gasteiger partial charge in [-0.05, 0) is 29.9 Å². The molecule has 0 bridgehead atoms. The molecular formula is C15H21NO2. The fourth-order valence-electron chi connectivity index (χ4n) is 2.77. The van der Waals surface area contributed by atoms with Crippen LogP contribution in [0.25, 0.3) is 0 Å². The van der Waals surface area contributed by atoms with Crippen molar-refractivity contribution in [2.75, 3.05) is 7.11 Å². The summed E-state index contributed by atoms with van der Waals surface area (Å²) in [4.78, 5) is 17.0. The van der Waals surface area contributed by atoms with Crippen LogP contribution in [-0.2, 0) is 16.0 Å². The molecule has 3 heteroatoms. The van der Waals surface area contributed by atoms with E-state index < -0.39 is 0 Å². The summed E-state index contributed by atoms with van der Waals surface area (Å²) < 4.78 is 5.43. The molecule has 1 heterocycles. The number of hydrogen-bond donors (Lipinski definition) is 0. The maximum Gasteiger partial charge on any atom is 0.171 e. The number of methoxy groups -OCH3 is 1. The molecule has 0 aliphatic heterocycles. The van der Waals surface area contributed by atoms with Crippen LogP contribution < -0.4 is 0 Å². The summed E-state index contributed by atoms with van der Waals surface area (Å²) in [5.74, 6) is 0.0767. The minimum absolute atomic E-state index is 0.0922. The number of ether oxygens (including phenoxy) is 1. The van der Waals surface area contributed by atoms with Crippen molar-refractivity contribution >= 4 is 5.78 Å². The Morgan fingerprint density at radius 1 is 1.50 bits per heavy atom. The van der Waals surface area contributed by atoms with Crippen LogP contribution in [0.1, 0.15) is 44.4 Å². The summed E-state index contributed by atoms with van der Waals surface area (Å²) in [5, 5.41) is 0. The number of Topliss-reactive ketones (excluding diaryl/α,β-unsaturated/α-hetero) is 1. The van der Waals surface area contributed by atoms with Gasteiger partial charge in [0.05, 0.1) is 11.6 Å². The van der Waals surface area contributed by atoms with Gasteiger partial charge in [0, 0.05) is 13.3 Å². The van der Waals surface area contributed by atoms with Crippen molar-refractivity contribution in [3.8, 4) is 0 Å². The molecular weight excluding hydrogens is 226 g/mol. The van der Waals surface area contributed by atoms with E-state index in [9.17, 15) is 4.79 Å². The topological polar surface area (TPSA) is 39.2 Å². The van der Waals surface area contributed by atoms with E-state index in [0.29, 0.717) is 0 Å². The van der Waals surface area contributed by atoms with Crippen LogP contribution in [0, 0.1) is 5.41 Å². The van der Waals surface area contributed by atoms with E-state index in [1.54, 1.807) is 13.3 Å². The molecule has 0 saturated heterocycles. The summed E-state index contributed by atoms with van der Waals surface area (Å²) in [6.45, 7) is 6.11. The van der Waals surface area contributed by atoms with E-state index >= 15 is 0 Å². The van der Waals surface area contributed by atoms with Crippen LogP contribution in [-0.4, -0.2) is 24.0 Å². The van der Waals surface area contributed by atoms with Crippen LogP contribution in [0.3, 0.4) is 0 Å². The predicted molar refractivity (Wildman–Crippen MR) is 70.6 cm³/mol. The highest BCUT2D eigenvalue weighted by Gasteiger charge is 2.39. The van der Waals surface area contributed by atoms with Gasteiger partial charge in [0.15, 0.2) is 5.78 Å². The fourth-order valence-corrected chi connectivity index (χ4v) is 2.77. The van der Waals surface area contributed by atoms with Gasteiger partial charge in [-0.1, -0.05) is 26.8 Å². The van der Waals surface area contributed by atoms with E-state index in [0.717, 1.165) is 18.5 Å². The van der Waals surface area contributed by atoms with E-state index in [1.165, 1.54) is 5.56 Å². The standard InChI is InChI=1S/C15H21NO2/c1-15(2,3)14(18-4)13(17)11-8-7-10-6-5-9-16-12(10)11/h5-6,9,11,14H,7-8H2,1-4H3. The molecule has 2 atom stereocenters. The summed E-state index contributed by atoms with van der Waals surface area (Å²) in [7, 11) is 1.61. The smallest absolute Gasteiger partial charge is 0.171 e. The third-order valence-corrected chi connectivity index (χ3v) is 3.58. The van der Waals surface area contributed by atoms with Gasteiger partial charge in [0.25, 0.3) is 0 Å². The van der Waals surface area contributed by atoms with E-state index in [-0.39, 0.29) is 23.2 Å². The van der Waals surface area contributed by atoms with E-state index in [1.807, 2.05) is 26.8 Å². The lowest BCUT2D eigenvalue weighted by Crippen LogP contribution is -2.38. The van der Waals surface area contributed by atoms with Crippen molar-refractivity contribution < 1.29 is 9.53 Å². The Labute approximate surface area is 109 Å². The van der Waals surface area contributed by atoms with Gasteiger partial charge >= 0.3 is 0 Å². The molecule has 1 aliphatic carbocycles. The number of hydrogen-bond acceptors (Lipinski definition) is 3. The molecule has 0 amide bonds. The number of aryl methyl sites for hydroxylation is 1. The zero-order valence-corrected chi connectivity index (χ0v) is 11.6. The Hall–Kier alpha value is -1.22. The van der Waals surface area contributed by atoms with Gasteiger partial charge in [-0.25, -0.2) is 0 Å². The quantitative estimate of drug-likeness (QED) is 0.824. The third kappa shape index (κ3) is 2.32. The molecule has 0 N–H and O–H groups in total. The zero-order valence-electron chi connectivity index (χ0n) is 11.6. The first kappa shape index (κ1) is 13.2. The first-order chi connectivity index (χ1) is 8.45. The van der Waals surface area contributed by atoms with Gasteiger partial charge in [0.1, 0.15) is 6.10 Å². The van der Waals surface area contributed by atoms with Crippen LogP contribution in [0.5, 0.6) is 0 Å². The van der Waals surface area contributed by atoms with Crippen LogP contribution in [0.15, 0.2) is 18.3 Å². The molecule has 0 spiro atoms. The van der Waals surface area contributed by atoms with Gasteiger partial charge in [-0.2, -0.15) is 0 Å². The maximum absolute atomic E-state index is 12.6. The largest absolute Gasteiger partial charge is 0.373 e. The van der Waals surface area contributed by atoms with Crippen LogP contribution in [0.2, 0.25) is 0 Å². The monoisotopic (exact) mass is 247 g/mol. The number of ketones is 1. The molecule has 98 valence electrons. The molecule has 0 aromatic carbocycles. The van der Waals surface area contributed by atoms with Crippen LogP contribution >= 0.6 is 0 Å². The number of fused-ring (bicyclic) bond motifs is 1. The Kier molecular flexibility index (Phi) is 3.53. The molecule has 2 unspecified atom stereocenters. The number of nitrogens with zero attached hydrogens (tertiary/aromatic N) is 1. The average Bonchev–Trinajstić information content (AvgIpc) is 2.71. The first-order valence-corrected chi connectivity index (χ1v) is 6.45. The number of carbonyl (C=O) groups is 1. The first-order valence-electron chi connectivity index (χ1n) is 6.45. The van der Waals surface area contributed by atoms with Gasteiger partial charge in [-0.3, -0.25) is 9.78 Å². The molecule has 1 aliphatic rings. The number of rotatable bonds is 3. The van der Waals surface area contributed by atoms with E-state index in [2.05, 4.69) is 11.1 Å². The lowest BCUT2D eigenvalue weighted by atomic mass is 9.81. The van der Waals surface area contributed by atoms with Crippen molar-refractivity contribution in [1.82, 2.24) is 4.98 Å². The van der Waals surface area contributed by atoms with Gasteiger partial charge in [-0.15, -0.1) is 0 Å². The average molecular weight is 247 g/mol. The lowest BCUT2D eigenvalue weighted by molar-refractivity contribution is -0.136. The highest BCUT2D eigenvalue weighted by molar-refractivity contribution is 5.90. The second-order valence-electron chi connectivity index (χ2n) is 6.02. The van der Waals surface area contributed by atoms with Crippen molar-refractivity contribution in [3.63, 3.8) is 0 Å². The number of carbonyl (C=O) groups excluding carboxylic acids is 1. The minimum atomic E-state index is -0.365. The molecule has 0 fully saturated rings. The Bertz CT molecular complexity index is 448. The Balaban J connectivity index is 2.26. The Morgan fingerprint density at radius 3 is 2.83 bits per heavy atom. The predicted octanol–water partition coefficient (Wildman–Crippen LogP) is 2.74. The van der Waals surface area contributed by atoms with Crippen molar-refractivity contribution in [1.29, 1.82) is 0 Å². The second-order valence-corrected chi connectivity index (χ2v) is 6.02. The SMILES string of the molecule is COC(C(=O)C1CCc2cccnc21)C(C)(C)C. The number of pyridine rings is 1. The van der Waals surface area contributed by atoms with Gasteiger partial charge in [0.2, 0.25) is 0 Å². The molecule has 3 nitrogen and oxygen atoms in total. The Morgan fingerprint density at radius 2 is 2.22 bits per heavy atom. The normalized spacial score (nSPS) is 20.6. The second kappa shape index (κ2) is 4.81. The molecule has 1 aromatic rings. The zero-order chi connectivity index (χ0) is 13.3. The summed E-state index contributed by atoms with van der Waals surface area (Å²) >= 11 is 0. The van der Waals surface area contributed by atoms with Crippen LogP contribution in [0.4, 0.5) is 0 Å². The summed E-state index contributed by atoms with van der Waals surface area (Å²) in [6, 6.07) is 4.00. The maximum atomic E-state index is 12.6. The third-order valence-electron chi connectivity index (χ3n) is 3.58. The minimum Gasteiger partial charge on any atom is -0.373 e. The van der Waals surface area contributed by atoms with Crippen molar-refractivity contribution in [3.05, 3.63) is 29.6 Å². The highest BCUT2D eigenvalue weighted by atomic mass is 16.5. The fraction of sp³-hybridized carbons (Fsp3) is 0.600.